The van der Waals surface area contributed by atoms with Gasteiger partial charge in [0, 0.05) is 0 Å². The topological polar surface area (TPSA) is 63.3 Å². The van der Waals surface area contributed by atoms with Gasteiger partial charge in [0.2, 0.25) is 0 Å². The summed E-state index contributed by atoms with van der Waals surface area (Å²) < 4.78 is 0. The number of carboxylic acids is 1. The number of hydrogen-bond donors (Lipinski definition) is 2. The fraction of sp³-hybridized carbons (Fsp3) is 0.750. The maximum absolute atomic E-state index is 9.90. The third-order valence-corrected chi connectivity index (χ3v) is 0.551. The van der Waals surface area contributed by atoms with E-state index < -0.39 is 11.5 Å². The van der Waals surface area contributed by atoms with Gasteiger partial charge in [0.25, 0.3) is 0 Å². The van der Waals surface area contributed by atoms with Crippen LogP contribution in [0.2, 0.25) is 0 Å². The zero-order valence-electron chi connectivity index (χ0n) is 4.43. The summed E-state index contributed by atoms with van der Waals surface area (Å²) in [4.78, 5) is 9.90. The molecular formula is C4H10KNO2. The summed E-state index contributed by atoms with van der Waals surface area (Å²) in [5.41, 5.74) is 4.00. The Labute approximate surface area is 91.1 Å². The molecule has 0 bridgehead atoms. The van der Waals surface area contributed by atoms with Crippen molar-refractivity contribution in [3.63, 3.8) is 0 Å². The second-order valence-electron chi connectivity index (χ2n) is 2.03. The van der Waals surface area contributed by atoms with Crippen molar-refractivity contribution in [2.75, 3.05) is 0 Å². The Morgan fingerprint density at radius 3 is 1.75 bits per heavy atom. The van der Waals surface area contributed by atoms with Crippen LogP contribution in [0.25, 0.3) is 0 Å². The van der Waals surface area contributed by atoms with Gasteiger partial charge >= 0.3 is 57.4 Å². The molecule has 0 aliphatic rings. The van der Waals surface area contributed by atoms with E-state index in [1.54, 1.807) is 0 Å². The Hall–Kier alpha value is 1.07. The molecule has 44 valence electrons. The first-order valence-corrected chi connectivity index (χ1v) is 1.97. The fourth-order valence-corrected chi connectivity index (χ4v) is 0. The zero-order chi connectivity index (χ0) is 6.08. The average molecular weight is 143 g/mol. The zero-order valence-corrected chi connectivity index (χ0v) is 4.43. The normalized spacial score (nSPS) is 9.88. The van der Waals surface area contributed by atoms with Crippen molar-refractivity contribution in [3.8, 4) is 0 Å². The van der Waals surface area contributed by atoms with Crippen LogP contribution >= 0.6 is 0 Å². The number of nitrogens with two attached hydrogens (primary N) is 1. The van der Waals surface area contributed by atoms with Gasteiger partial charge in [0.05, 0.1) is 0 Å². The molecule has 0 aliphatic heterocycles. The summed E-state index contributed by atoms with van der Waals surface area (Å²) in [7, 11) is 0. The van der Waals surface area contributed by atoms with Crippen LogP contribution in [0.4, 0.5) is 0 Å². The summed E-state index contributed by atoms with van der Waals surface area (Å²) >= 11 is 0. The minimum atomic E-state index is -1.08. The molecule has 0 saturated heterocycles. The van der Waals surface area contributed by atoms with Crippen LogP contribution in [0.3, 0.4) is 0 Å². The Morgan fingerprint density at radius 1 is 1.62 bits per heavy atom. The molecular weight excluding hydrogens is 133 g/mol. The molecule has 0 radical (unpaired) electrons. The van der Waals surface area contributed by atoms with Gasteiger partial charge in [-0.15, -0.1) is 0 Å². The Kier molecular flexibility index (Phi) is 5.87. The summed E-state index contributed by atoms with van der Waals surface area (Å²) in [6.45, 7) is 2.88. The van der Waals surface area contributed by atoms with E-state index in [2.05, 4.69) is 0 Å². The third-order valence-electron chi connectivity index (χ3n) is 0.551. The standard InChI is InChI=1S/C4H9NO2.K.H/c1-4(2,5)3(6)7;;/h5H2,1-2H3,(H,6,7);;. The molecule has 0 aliphatic carbocycles. The van der Waals surface area contributed by atoms with Gasteiger partial charge in [0.1, 0.15) is 5.54 Å². The number of aliphatic carboxylic acids is 1. The van der Waals surface area contributed by atoms with E-state index in [9.17, 15) is 4.79 Å². The molecule has 0 unspecified atom stereocenters. The number of rotatable bonds is 1. The molecule has 0 aromatic rings. The van der Waals surface area contributed by atoms with Gasteiger partial charge in [-0.3, -0.25) is 4.79 Å². The Balaban J connectivity index is 0. The van der Waals surface area contributed by atoms with Crippen molar-refractivity contribution in [2.24, 2.45) is 5.73 Å². The van der Waals surface area contributed by atoms with Crippen molar-refractivity contribution in [1.29, 1.82) is 0 Å². The Bertz CT molecular complexity index is 86.5. The van der Waals surface area contributed by atoms with Crippen LogP contribution in [0.15, 0.2) is 0 Å². The van der Waals surface area contributed by atoms with Gasteiger partial charge in [0.15, 0.2) is 0 Å². The summed E-state index contributed by atoms with van der Waals surface area (Å²) in [6, 6.07) is 0. The molecule has 0 aromatic heterocycles. The predicted octanol–water partition coefficient (Wildman–Crippen LogP) is -0.840. The second-order valence-corrected chi connectivity index (χ2v) is 2.03. The predicted molar refractivity (Wildman–Crippen MR) is 33.1 cm³/mol. The molecule has 4 heteroatoms. The quantitative estimate of drug-likeness (QED) is 0.470. The van der Waals surface area contributed by atoms with Crippen molar-refractivity contribution in [1.82, 2.24) is 0 Å². The van der Waals surface area contributed by atoms with E-state index in [1.807, 2.05) is 0 Å². The maximum atomic E-state index is 9.90. The van der Waals surface area contributed by atoms with Crippen LogP contribution in [0.1, 0.15) is 13.8 Å². The van der Waals surface area contributed by atoms with Gasteiger partial charge in [-0.25, -0.2) is 0 Å². The van der Waals surface area contributed by atoms with E-state index in [0.29, 0.717) is 0 Å². The Morgan fingerprint density at radius 2 is 1.75 bits per heavy atom. The van der Waals surface area contributed by atoms with Crippen molar-refractivity contribution in [3.05, 3.63) is 0 Å². The van der Waals surface area contributed by atoms with Gasteiger partial charge in [-0.05, 0) is 13.8 Å². The second kappa shape index (κ2) is 3.97. The van der Waals surface area contributed by atoms with Crippen molar-refractivity contribution < 1.29 is 9.90 Å². The van der Waals surface area contributed by atoms with E-state index in [1.165, 1.54) is 13.8 Å². The van der Waals surface area contributed by atoms with E-state index >= 15 is 0 Å². The molecule has 0 saturated carbocycles. The van der Waals surface area contributed by atoms with E-state index in [-0.39, 0.29) is 51.4 Å². The molecule has 0 amide bonds. The SMILES string of the molecule is CC(C)(N)C(=O)O.[KH]. The van der Waals surface area contributed by atoms with Gasteiger partial charge in [-0.1, -0.05) is 0 Å². The summed E-state index contributed by atoms with van der Waals surface area (Å²) in [6.07, 6.45) is 0. The minimum absolute atomic E-state index is 0. The van der Waals surface area contributed by atoms with Crippen molar-refractivity contribution in [2.45, 2.75) is 19.4 Å². The van der Waals surface area contributed by atoms with Crippen LogP contribution < -0.4 is 5.73 Å². The molecule has 0 aromatic carbocycles. The molecule has 3 nitrogen and oxygen atoms in total. The van der Waals surface area contributed by atoms with E-state index in [0.717, 1.165) is 0 Å². The number of hydrogen-bond acceptors (Lipinski definition) is 2. The van der Waals surface area contributed by atoms with Crippen LogP contribution in [0.5, 0.6) is 0 Å². The number of carbonyl (C=O) groups is 1. The fourth-order valence-electron chi connectivity index (χ4n) is 0. The third kappa shape index (κ3) is 5.21. The van der Waals surface area contributed by atoms with Crippen LogP contribution in [-0.4, -0.2) is 68.0 Å². The first-order chi connectivity index (χ1) is 2.94. The first kappa shape index (κ1) is 11.8. The first-order valence-electron chi connectivity index (χ1n) is 1.97. The molecule has 0 spiro atoms. The van der Waals surface area contributed by atoms with Gasteiger partial charge in [-0.2, -0.15) is 0 Å². The monoisotopic (exact) mass is 143 g/mol. The summed E-state index contributed by atoms with van der Waals surface area (Å²) in [5, 5.41) is 8.12. The molecule has 8 heavy (non-hydrogen) atoms. The van der Waals surface area contributed by atoms with Crippen LogP contribution in [-0.2, 0) is 4.79 Å². The van der Waals surface area contributed by atoms with Crippen molar-refractivity contribution >= 4 is 57.4 Å². The molecule has 0 atom stereocenters. The molecule has 0 heterocycles. The summed E-state index contributed by atoms with van der Waals surface area (Å²) in [5.74, 6) is -0.979. The average Bonchev–Trinajstić information content (AvgIpc) is 1.31. The van der Waals surface area contributed by atoms with Gasteiger partial charge < -0.3 is 10.8 Å². The molecule has 3 N–H and O–H groups in total. The molecule has 0 fully saturated rings. The molecule has 0 rings (SSSR count). The number of carboxylic acid groups (broad SMARTS) is 1. The van der Waals surface area contributed by atoms with E-state index in [4.69, 9.17) is 10.8 Å². The van der Waals surface area contributed by atoms with Crippen LogP contribution in [0, 0.1) is 0 Å².